The minimum Gasteiger partial charge on any atom is -0.481 e. The van der Waals surface area contributed by atoms with Crippen molar-refractivity contribution in [3.05, 3.63) is 23.8 Å². The van der Waals surface area contributed by atoms with Gasteiger partial charge in [0.1, 0.15) is 6.42 Å². The van der Waals surface area contributed by atoms with Crippen LogP contribution in [0, 0.1) is 0 Å². The van der Waals surface area contributed by atoms with E-state index in [0.717, 1.165) is 11.3 Å². The fourth-order valence-corrected chi connectivity index (χ4v) is 2.06. The smallest absolute Gasteiger partial charge is 0.312 e. The lowest BCUT2D eigenvalue weighted by Gasteiger charge is -2.18. The average molecular weight is 262 g/mol. The van der Waals surface area contributed by atoms with Gasteiger partial charge in [-0.05, 0) is 23.8 Å². The van der Waals surface area contributed by atoms with Crippen molar-refractivity contribution in [2.75, 3.05) is 23.9 Å². The van der Waals surface area contributed by atoms with E-state index in [2.05, 4.69) is 0 Å². The van der Waals surface area contributed by atoms with E-state index in [0.29, 0.717) is 12.1 Å². The molecule has 0 saturated heterocycles. The second-order valence-electron chi connectivity index (χ2n) is 4.47. The van der Waals surface area contributed by atoms with Crippen LogP contribution < -0.4 is 9.80 Å². The molecule has 1 aromatic carbocycles. The van der Waals surface area contributed by atoms with Crippen molar-refractivity contribution < 1.29 is 19.5 Å². The summed E-state index contributed by atoms with van der Waals surface area (Å²) in [7, 11) is 3.22. The van der Waals surface area contributed by atoms with E-state index < -0.39 is 18.3 Å². The van der Waals surface area contributed by atoms with Gasteiger partial charge in [-0.2, -0.15) is 0 Å². The van der Waals surface area contributed by atoms with E-state index in [4.69, 9.17) is 5.11 Å². The van der Waals surface area contributed by atoms with Crippen LogP contribution in [0.2, 0.25) is 0 Å². The zero-order valence-corrected chi connectivity index (χ0v) is 10.7. The minimum absolute atomic E-state index is 0.00617. The van der Waals surface area contributed by atoms with Crippen molar-refractivity contribution >= 4 is 29.2 Å². The second kappa shape index (κ2) is 4.72. The first-order valence-corrected chi connectivity index (χ1v) is 5.78. The molecule has 1 N–H and O–H groups in total. The SMILES string of the molecule is CN(C(=O)CC(=O)O)c1ccc2c(c1)CC(=O)N2C. The van der Waals surface area contributed by atoms with Crippen LogP contribution >= 0.6 is 0 Å². The van der Waals surface area contributed by atoms with Gasteiger partial charge in [0.2, 0.25) is 11.8 Å². The lowest BCUT2D eigenvalue weighted by Crippen LogP contribution is -2.28. The molecule has 1 heterocycles. The predicted molar refractivity (Wildman–Crippen MR) is 69.2 cm³/mol. The van der Waals surface area contributed by atoms with Gasteiger partial charge in [-0.25, -0.2) is 0 Å². The lowest BCUT2D eigenvalue weighted by molar-refractivity contribution is -0.140. The van der Waals surface area contributed by atoms with E-state index in [9.17, 15) is 14.4 Å². The molecule has 0 atom stereocenters. The molecule has 1 aromatic rings. The Labute approximate surface area is 110 Å². The van der Waals surface area contributed by atoms with Crippen LogP contribution in [0.3, 0.4) is 0 Å². The third-order valence-corrected chi connectivity index (χ3v) is 3.20. The van der Waals surface area contributed by atoms with E-state index in [-0.39, 0.29) is 5.91 Å². The topological polar surface area (TPSA) is 77.9 Å². The third kappa shape index (κ3) is 2.42. The van der Waals surface area contributed by atoms with Crippen LogP contribution in [-0.4, -0.2) is 37.0 Å². The summed E-state index contributed by atoms with van der Waals surface area (Å²) in [4.78, 5) is 36.6. The molecule has 0 aliphatic carbocycles. The van der Waals surface area contributed by atoms with E-state index in [1.54, 1.807) is 30.1 Å². The number of likely N-dealkylation sites (N-methyl/N-ethyl adjacent to an activating group) is 1. The van der Waals surface area contributed by atoms with Gasteiger partial charge in [0, 0.05) is 25.5 Å². The van der Waals surface area contributed by atoms with Gasteiger partial charge in [0.05, 0.1) is 6.42 Å². The summed E-state index contributed by atoms with van der Waals surface area (Å²) in [6.07, 6.45) is -0.243. The fourth-order valence-electron chi connectivity index (χ4n) is 2.06. The first kappa shape index (κ1) is 13.1. The Balaban J connectivity index is 2.24. The normalized spacial score (nSPS) is 13.4. The van der Waals surface area contributed by atoms with Crippen molar-refractivity contribution in [3.63, 3.8) is 0 Å². The van der Waals surface area contributed by atoms with Crippen LogP contribution in [0.15, 0.2) is 18.2 Å². The van der Waals surface area contributed by atoms with Crippen molar-refractivity contribution in [1.82, 2.24) is 0 Å². The van der Waals surface area contributed by atoms with Gasteiger partial charge in [-0.1, -0.05) is 0 Å². The number of hydrogen-bond acceptors (Lipinski definition) is 3. The molecule has 6 heteroatoms. The second-order valence-corrected chi connectivity index (χ2v) is 4.47. The van der Waals surface area contributed by atoms with Crippen LogP contribution in [-0.2, 0) is 20.8 Å². The molecule has 1 aliphatic heterocycles. The highest BCUT2D eigenvalue weighted by Gasteiger charge is 2.25. The van der Waals surface area contributed by atoms with Crippen LogP contribution in [0.25, 0.3) is 0 Å². The Hall–Kier alpha value is -2.37. The quantitative estimate of drug-likeness (QED) is 0.811. The highest BCUT2D eigenvalue weighted by Crippen LogP contribution is 2.31. The van der Waals surface area contributed by atoms with Crippen LogP contribution in [0.4, 0.5) is 11.4 Å². The van der Waals surface area contributed by atoms with Gasteiger partial charge >= 0.3 is 5.97 Å². The molecular formula is C13H14N2O4. The number of carboxylic acids is 1. The number of hydrogen-bond donors (Lipinski definition) is 1. The van der Waals surface area contributed by atoms with Crippen molar-refractivity contribution in [1.29, 1.82) is 0 Å². The number of benzene rings is 1. The van der Waals surface area contributed by atoms with Gasteiger partial charge in [0.25, 0.3) is 0 Å². The number of nitrogens with zero attached hydrogens (tertiary/aromatic N) is 2. The number of fused-ring (bicyclic) bond motifs is 1. The van der Waals surface area contributed by atoms with Crippen LogP contribution in [0.1, 0.15) is 12.0 Å². The molecule has 0 saturated carbocycles. The number of carbonyl (C=O) groups excluding carboxylic acids is 2. The number of carbonyl (C=O) groups is 3. The average Bonchev–Trinajstić information content (AvgIpc) is 2.63. The Morgan fingerprint density at radius 3 is 2.74 bits per heavy atom. The zero-order valence-electron chi connectivity index (χ0n) is 10.7. The van der Waals surface area contributed by atoms with E-state index in [1.807, 2.05) is 0 Å². The zero-order chi connectivity index (χ0) is 14.2. The molecule has 0 aromatic heterocycles. The molecule has 100 valence electrons. The molecular weight excluding hydrogens is 248 g/mol. The summed E-state index contributed by atoms with van der Waals surface area (Å²) >= 11 is 0. The summed E-state index contributed by atoms with van der Waals surface area (Å²) < 4.78 is 0. The predicted octanol–water partition coefficient (Wildman–Crippen LogP) is 0.643. The van der Waals surface area contributed by atoms with Gasteiger partial charge in [-0.15, -0.1) is 0 Å². The molecule has 0 spiro atoms. The van der Waals surface area contributed by atoms with Gasteiger partial charge in [-0.3, -0.25) is 14.4 Å². The molecule has 19 heavy (non-hydrogen) atoms. The standard InChI is InChI=1S/C13H14N2O4/c1-14(12(17)7-13(18)19)9-3-4-10-8(5-9)6-11(16)15(10)2/h3-5H,6-7H2,1-2H3,(H,18,19). The molecule has 1 aliphatic rings. The van der Waals surface area contributed by atoms with Crippen molar-refractivity contribution in [2.24, 2.45) is 0 Å². The lowest BCUT2D eigenvalue weighted by atomic mass is 10.1. The summed E-state index contributed by atoms with van der Waals surface area (Å²) in [6, 6.07) is 5.21. The van der Waals surface area contributed by atoms with Gasteiger partial charge < -0.3 is 14.9 Å². The molecule has 2 amide bonds. The van der Waals surface area contributed by atoms with Crippen molar-refractivity contribution in [2.45, 2.75) is 12.8 Å². The number of carboxylic acid groups (broad SMARTS) is 1. The molecule has 0 unspecified atom stereocenters. The Morgan fingerprint density at radius 2 is 2.11 bits per heavy atom. The molecule has 6 nitrogen and oxygen atoms in total. The number of anilines is 2. The Kier molecular flexibility index (Phi) is 3.25. The highest BCUT2D eigenvalue weighted by atomic mass is 16.4. The molecule has 0 bridgehead atoms. The van der Waals surface area contributed by atoms with Gasteiger partial charge in [0.15, 0.2) is 0 Å². The molecule has 2 rings (SSSR count). The maximum Gasteiger partial charge on any atom is 0.312 e. The number of amides is 2. The first-order valence-electron chi connectivity index (χ1n) is 5.78. The Bertz CT molecular complexity index is 568. The largest absolute Gasteiger partial charge is 0.481 e. The summed E-state index contributed by atoms with van der Waals surface area (Å²) in [5, 5.41) is 8.61. The maximum atomic E-state index is 11.7. The monoisotopic (exact) mass is 262 g/mol. The highest BCUT2D eigenvalue weighted by molar-refractivity contribution is 6.04. The number of aliphatic carboxylic acids is 1. The van der Waals surface area contributed by atoms with Crippen LogP contribution in [0.5, 0.6) is 0 Å². The summed E-state index contributed by atoms with van der Waals surface area (Å²) in [5.41, 5.74) is 2.26. The Morgan fingerprint density at radius 1 is 1.42 bits per heavy atom. The first-order chi connectivity index (χ1) is 8.90. The molecule has 0 radical (unpaired) electrons. The minimum atomic E-state index is -1.16. The van der Waals surface area contributed by atoms with E-state index in [1.165, 1.54) is 11.9 Å². The van der Waals surface area contributed by atoms with Crippen molar-refractivity contribution in [3.8, 4) is 0 Å². The molecule has 0 fully saturated rings. The number of rotatable bonds is 3. The summed E-state index contributed by atoms with van der Waals surface area (Å²) in [6.45, 7) is 0. The van der Waals surface area contributed by atoms with E-state index >= 15 is 0 Å². The fraction of sp³-hybridized carbons (Fsp3) is 0.308. The summed E-state index contributed by atoms with van der Waals surface area (Å²) in [5.74, 6) is -1.65. The maximum absolute atomic E-state index is 11.7. The third-order valence-electron chi connectivity index (χ3n) is 3.20.